The van der Waals surface area contributed by atoms with Crippen LogP contribution in [0.4, 0.5) is 34.1 Å². The van der Waals surface area contributed by atoms with Crippen LogP contribution in [0.1, 0.15) is 101 Å². The number of para-hydroxylation sites is 4. The standard InChI is InChI=1S/C54H52N2/c1-35(2)43-29-41(55(37-21-13-9-14-22-37)38-23-15-10-16-24-38)31-49-51(43)45-33-48-46(34-47(45)53(49,5)6)52-44(36(3)4)30-42(32-50(52)54(48,7)8)56(39-25-17-11-18-26-39)40-27-19-12-20-28-40/h9-36H,1-8H3. The van der Waals surface area contributed by atoms with Crippen LogP contribution in [0.3, 0.4) is 0 Å². The zero-order chi connectivity index (χ0) is 38.9. The van der Waals surface area contributed by atoms with Crippen LogP contribution in [0, 0.1) is 0 Å². The van der Waals surface area contributed by atoms with Gasteiger partial charge in [0.1, 0.15) is 0 Å². The Morgan fingerprint density at radius 1 is 0.339 bits per heavy atom. The molecule has 2 aliphatic carbocycles. The van der Waals surface area contributed by atoms with E-state index in [1.807, 2.05) is 0 Å². The first-order chi connectivity index (χ1) is 27.0. The molecular weight excluding hydrogens is 677 g/mol. The highest BCUT2D eigenvalue weighted by molar-refractivity contribution is 5.95. The third kappa shape index (κ3) is 5.61. The molecule has 7 aromatic rings. The van der Waals surface area contributed by atoms with Gasteiger partial charge in [0.15, 0.2) is 0 Å². The van der Waals surface area contributed by atoms with Crippen LogP contribution in [-0.2, 0) is 10.8 Å². The zero-order valence-electron chi connectivity index (χ0n) is 34.1. The summed E-state index contributed by atoms with van der Waals surface area (Å²) in [4.78, 5) is 4.84. The molecule has 0 aromatic heterocycles. The van der Waals surface area contributed by atoms with Gasteiger partial charge in [-0.3, -0.25) is 0 Å². The summed E-state index contributed by atoms with van der Waals surface area (Å²) < 4.78 is 0. The highest BCUT2D eigenvalue weighted by Crippen LogP contribution is 2.60. The summed E-state index contributed by atoms with van der Waals surface area (Å²) in [7, 11) is 0. The molecule has 0 saturated heterocycles. The first-order valence-corrected chi connectivity index (χ1v) is 20.3. The average Bonchev–Trinajstić information content (AvgIpc) is 3.57. The molecule has 0 radical (unpaired) electrons. The molecule has 0 bridgehead atoms. The monoisotopic (exact) mass is 728 g/mol. The van der Waals surface area contributed by atoms with Gasteiger partial charge in [-0.1, -0.05) is 128 Å². The van der Waals surface area contributed by atoms with Crippen molar-refractivity contribution in [3.05, 3.63) is 191 Å². The van der Waals surface area contributed by atoms with Crippen LogP contribution in [0.5, 0.6) is 0 Å². The van der Waals surface area contributed by atoms with Gasteiger partial charge < -0.3 is 9.80 Å². The Balaban J connectivity index is 1.24. The van der Waals surface area contributed by atoms with Crippen LogP contribution in [0.15, 0.2) is 158 Å². The van der Waals surface area contributed by atoms with E-state index in [0.717, 1.165) is 22.7 Å². The van der Waals surface area contributed by atoms with E-state index in [-0.39, 0.29) is 10.8 Å². The van der Waals surface area contributed by atoms with Crippen molar-refractivity contribution in [3.8, 4) is 22.3 Å². The Bertz CT molecular complexity index is 2300. The predicted octanol–water partition coefficient (Wildman–Crippen LogP) is 15.5. The van der Waals surface area contributed by atoms with E-state index in [0.29, 0.717) is 11.8 Å². The maximum Gasteiger partial charge on any atom is 0.0467 e. The molecule has 278 valence electrons. The smallest absolute Gasteiger partial charge is 0.0467 e. The maximum absolute atomic E-state index is 2.59. The minimum atomic E-state index is -0.194. The molecule has 0 amide bonds. The number of hydrogen-bond donors (Lipinski definition) is 0. The fourth-order valence-electron chi connectivity index (χ4n) is 9.59. The SMILES string of the molecule is CC(C)c1cc(N(c2ccccc2)c2ccccc2)cc2c1-c1cc3c(cc1C2(C)C)-c1c(C(C)C)cc(N(c2ccccc2)c2ccccc2)cc1C3(C)C. The fourth-order valence-corrected chi connectivity index (χ4v) is 9.59. The lowest BCUT2D eigenvalue weighted by Gasteiger charge is -2.30. The third-order valence-electron chi connectivity index (χ3n) is 12.5. The summed E-state index contributed by atoms with van der Waals surface area (Å²) in [5.41, 5.74) is 20.8. The van der Waals surface area contributed by atoms with Gasteiger partial charge in [-0.05, 0) is 152 Å². The van der Waals surface area contributed by atoms with E-state index < -0.39 is 0 Å². The average molecular weight is 729 g/mol. The Kier molecular flexibility index (Phi) is 8.58. The second kappa shape index (κ2) is 13.4. The van der Waals surface area contributed by atoms with Crippen molar-refractivity contribution >= 4 is 34.1 Å². The van der Waals surface area contributed by atoms with E-state index in [1.54, 1.807) is 0 Å². The summed E-state index contributed by atoms with van der Waals surface area (Å²) in [6.45, 7) is 19.2. The van der Waals surface area contributed by atoms with Crippen molar-refractivity contribution in [2.24, 2.45) is 0 Å². The van der Waals surface area contributed by atoms with E-state index in [2.05, 4.69) is 223 Å². The molecule has 56 heavy (non-hydrogen) atoms. The minimum absolute atomic E-state index is 0.194. The molecule has 2 nitrogen and oxygen atoms in total. The zero-order valence-corrected chi connectivity index (χ0v) is 34.1. The van der Waals surface area contributed by atoms with E-state index in [1.165, 1.54) is 67.0 Å². The first kappa shape index (κ1) is 35.8. The number of anilines is 6. The lowest BCUT2D eigenvalue weighted by molar-refractivity contribution is 0.651. The summed E-state index contributed by atoms with van der Waals surface area (Å²) in [6, 6.07) is 58.3. The number of hydrogen-bond acceptors (Lipinski definition) is 2. The van der Waals surface area contributed by atoms with E-state index in [4.69, 9.17) is 0 Å². The summed E-state index contributed by atoms with van der Waals surface area (Å²) in [6.07, 6.45) is 0. The van der Waals surface area contributed by atoms with Gasteiger partial charge >= 0.3 is 0 Å². The molecule has 2 heteroatoms. The number of benzene rings is 7. The van der Waals surface area contributed by atoms with Crippen molar-refractivity contribution in [2.75, 3.05) is 9.80 Å². The van der Waals surface area contributed by atoms with E-state index in [9.17, 15) is 0 Å². The summed E-state index contributed by atoms with van der Waals surface area (Å²) in [5, 5.41) is 0. The fraction of sp³-hybridized carbons (Fsp3) is 0.222. The van der Waals surface area contributed by atoms with Crippen molar-refractivity contribution < 1.29 is 0 Å². The molecule has 0 aliphatic heterocycles. The second-order valence-electron chi connectivity index (χ2n) is 17.4. The second-order valence-corrected chi connectivity index (χ2v) is 17.4. The molecular formula is C54H52N2. The maximum atomic E-state index is 2.59. The molecule has 2 aliphatic rings. The Morgan fingerprint density at radius 3 is 0.893 bits per heavy atom. The van der Waals surface area contributed by atoms with Crippen molar-refractivity contribution in [3.63, 3.8) is 0 Å². The van der Waals surface area contributed by atoms with Gasteiger partial charge in [0, 0.05) is 45.0 Å². The topological polar surface area (TPSA) is 6.48 Å². The number of fused-ring (bicyclic) bond motifs is 6. The van der Waals surface area contributed by atoms with Crippen molar-refractivity contribution in [1.82, 2.24) is 0 Å². The molecule has 0 saturated carbocycles. The predicted molar refractivity (Wildman–Crippen MR) is 239 cm³/mol. The van der Waals surface area contributed by atoms with Gasteiger partial charge in [-0.15, -0.1) is 0 Å². The molecule has 9 rings (SSSR count). The molecule has 0 unspecified atom stereocenters. The quantitative estimate of drug-likeness (QED) is 0.154. The Hall–Kier alpha value is -5.86. The van der Waals surface area contributed by atoms with Crippen LogP contribution in [-0.4, -0.2) is 0 Å². The highest BCUT2D eigenvalue weighted by atomic mass is 15.1. The number of nitrogens with zero attached hydrogens (tertiary/aromatic N) is 2. The molecule has 0 N–H and O–H groups in total. The van der Waals surface area contributed by atoms with Gasteiger partial charge in [0.25, 0.3) is 0 Å². The Labute approximate surface area is 334 Å². The molecule has 0 atom stereocenters. The van der Waals surface area contributed by atoms with Crippen LogP contribution in [0.25, 0.3) is 22.3 Å². The molecule has 0 fully saturated rings. The lowest BCUT2D eigenvalue weighted by Crippen LogP contribution is -2.18. The van der Waals surface area contributed by atoms with Crippen LogP contribution in [0.2, 0.25) is 0 Å². The van der Waals surface area contributed by atoms with Gasteiger partial charge in [0.05, 0.1) is 0 Å². The van der Waals surface area contributed by atoms with E-state index >= 15 is 0 Å². The minimum Gasteiger partial charge on any atom is -0.310 e. The first-order valence-electron chi connectivity index (χ1n) is 20.3. The normalized spacial score (nSPS) is 14.3. The third-order valence-corrected chi connectivity index (χ3v) is 12.5. The van der Waals surface area contributed by atoms with Gasteiger partial charge in [-0.25, -0.2) is 0 Å². The highest BCUT2D eigenvalue weighted by Gasteiger charge is 2.44. The van der Waals surface area contributed by atoms with Crippen molar-refractivity contribution in [1.29, 1.82) is 0 Å². The van der Waals surface area contributed by atoms with Gasteiger partial charge in [-0.2, -0.15) is 0 Å². The van der Waals surface area contributed by atoms with Crippen LogP contribution < -0.4 is 9.80 Å². The summed E-state index contributed by atoms with van der Waals surface area (Å²) in [5.74, 6) is 0.684. The molecule has 7 aromatic carbocycles. The number of rotatable bonds is 8. The van der Waals surface area contributed by atoms with Gasteiger partial charge in [0.2, 0.25) is 0 Å². The molecule has 0 spiro atoms. The summed E-state index contributed by atoms with van der Waals surface area (Å²) >= 11 is 0. The van der Waals surface area contributed by atoms with Crippen molar-refractivity contribution in [2.45, 2.75) is 78.1 Å². The van der Waals surface area contributed by atoms with Crippen LogP contribution >= 0.6 is 0 Å². The largest absolute Gasteiger partial charge is 0.310 e. The lowest BCUT2D eigenvalue weighted by atomic mass is 9.79. The molecule has 0 heterocycles. The Morgan fingerprint density at radius 2 is 0.625 bits per heavy atom.